The highest BCUT2D eigenvalue weighted by atomic mass is 15.1. The van der Waals surface area contributed by atoms with Crippen LogP contribution in [0.4, 0.5) is 0 Å². The molecule has 1 aromatic carbocycles. The molecule has 0 unspecified atom stereocenters. The minimum atomic E-state index is 0.0857. The van der Waals surface area contributed by atoms with Crippen LogP contribution in [-0.2, 0) is 12.0 Å². The van der Waals surface area contributed by atoms with Crippen LogP contribution in [-0.4, -0.2) is 9.55 Å². The molecule has 2 aromatic rings. The van der Waals surface area contributed by atoms with Crippen molar-refractivity contribution in [2.24, 2.45) is 0 Å². The van der Waals surface area contributed by atoms with Crippen molar-refractivity contribution >= 4 is 0 Å². The number of nitrogens with zero attached hydrogens (tertiary/aromatic N) is 2. The van der Waals surface area contributed by atoms with Crippen LogP contribution in [0.5, 0.6) is 0 Å². The fourth-order valence-electron chi connectivity index (χ4n) is 2.37. The van der Waals surface area contributed by atoms with Gasteiger partial charge in [-0.05, 0) is 51.3 Å². The highest BCUT2D eigenvalue weighted by molar-refractivity contribution is 5.36. The van der Waals surface area contributed by atoms with Crippen LogP contribution in [0.15, 0.2) is 30.7 Å². The second kappa shape index (κ2) is 4.60. The van der Waals surface area contributed by atoms with Gasteiger partial charge in [0.15, 0.2) is 0 Å². The van der Waals surface area contributed by atoms with Crippen molar-refractivity contribution in [3.8, 4) is 0 Å². The number of benzene rings is 1. The van der Waals surface area contributed by atoms with Gasteiger partial charge in [-0.2, -0.15) is 0 Å². The van der Waals surface area contributed by atoms with Gasteiger partial charge < -0.3 is 4.57 Å². The molecule has 2 heteroatoms. The van der Waals surface area contributed by atoms with E-state index >= 15 is 0 Å². The van der Waals surface area contributed by atoms with Crippen LogP contribution in [0, 0.1) is 13.8 Å². The van der Waals surface area contributed by atoms with Crippen LogP contribution in [0.25, 0.3) is 0 Å². The first-order valence-electron chi connectivity index (χ1n) is 6.46. The molecule has 0 radical (unpaired) electrons. The smallest absolute Gasteiger partial charge is 0.0953 e. The third kappa shape index (κ3) is 2.47. The van der Waals surface area contributed by atoms with Crippen molar-refractivity contribution in [3.63, 3.8) is 0 Å². The lowest BCUT2D eigenvalue weighted by Crippen LogP contribution is -2.23. The van der Waals surface area contributed by atoms with E-state index in [0.717, 1.165) is 6.42 Å². The maximum atomic E-state index is 4.31. The molecule has 1 aromatic heterocycles. The molecule has 0 bridgehead atoms. The summed E-state index contributed by atoms with van der Waals surface area (Å²) in [5.41, 5.74) is 5.50. The highest BCUT2D eigenvalue weighted by Crippen LogP contribution is 2.22. The van der Waals surface area contributed by atoms with Gasteiger partial charge in [-0.1, -0.05) is 18.2 Å². The number of hydrogen-bond donors (Lipinski definition) is 0. The van der Waals surface area contributed by atoms with Crippen molar-refractivity contribution in [2.75, 3.05) is 0 Å². The van der Waals surface area contributed by atoms with Gasteiger partial charge in [-0.15, -0.1) is 0 Å². The second-order valence-electron chi connectivity index (χ2n) is 5.97. The van der Waals surface area contributed by atoms with Gasteiger partial charge in [0.1, 0.15) is 0 Å². The summed E-state index contributed by atoms with van der Waals surface area (Å²) < 4.78 is 2.26. The molecule has 0 spiro atoms. The van der Waals surface area contributed by atoms with Crippen molar-refractivity contribution < 1.29 is 0 Å². The summed E-state index contributed by atoms with van der Waals surface area (Å²) in [5.74, 6) is 0. The minimum Gasteiger partial charge on any atom is -0.329 e. The maximum Gasteiger partial charge on any atom is 0.0953 e. The number of aromatic nitrogens is 2. The summed E-state index contributed by atoms with van der Waals surface area (Å²) in [4.78, 5) is 4.31. The summed E-state index contributed by atoms with van der Waals surface area (Å²) in [5, 5.41) is 0. The molecule has 0 atom stereocenters. The lowest BCUT2D eigenvalue weighted by atomic mass is 9.98. The fraction of sp³-hybridized carbons (Fsp3) is 0.438. The number of imidazole rings is 1. The molecule has 0 aliphatic heterocycles. The molecule has 2 nitrogen and oxygen atoms in total. The van der Waals surface area contributed by atoms with E-state index in [0.29, 0.717) is 0 Å². The van der Waals surface area contributed by atoms with E-state index in [-0.39, 0.29) is 5.54 Å². The first-order valence-corrected chi connectivity index (χ1v) is 6.46. The molecule has 0 saturated carbocycles. The Labute approximate surface area is 110 Å². The molecule has 0 fully saturated rings. The second-order valence-corrected chi connectivity index (χ2v) is 5.97. The van der Waals surface area contributed by atoms with Crippen LogP contribution in [0.2, 0.25) is 0 Å². The number of hydrogen-bond acceptors (Lipinski definition) is 1. The lowest BCUT2D eigenvalue weighted by Gasteiger charge is -2.24. The zero-order valence-electron chi connectivity index (χ0n) is 12.0. The van der Waals surface area contributed by atoms with E-state index < -0.39 is 0 Å². The molecule has 0 amide bonds. The molecular formula is C16H22N2. The van der Waals surface area contributed by atoms with Crippen LogP contribution >= 0.6 is 0 Å². The molecule has 1 heterocycles. The largest absolute Gasteiger partial charge is 0.329 e. The van der Waals surface area contributed by atoms with Gasteiger partial charge in [-0.25, -0.2) is 4.98 Å². The Morgan fingerprint density at radius 1 is 1.11 bits per heavy atom. The molecule has 96 valence electrons. The van der Waals surface area contributed by atoms with Gasteiger partial charge in [0.05, 0.1) is 6.33 Å². The Hall–Kier alpha value is -1.57. The quantitative estimate of drug-likeness (QED) is 0.782. The molecule has 0 N–H and O–H groups in total. The lowest BCUT2D eigenvalue weighted by molar-refractivity contribution is 0.386. The average Bonchev–Trinajstić information content (AvgIpc) is 2.71. The van der Waals surface area contributed by atoms with Crippen LogP contribution < -0.4 is 0 Å². The maximum absolute atomic E-state index is 4.31. The highest BCUT2D eigenvalue weighted by Gasteiger charge is 2.17. The summed E-state index contributed by atoms with van der Waals surface area (Å²) in [7, 11) is 0. The van der Waals surface area contributed by atoms with Gasteiger partial charge in [0.2, 0.25) is 0 Å². The fourth-order valence-corrected chi connectivity index (χ4v) is 2.37. The Kier molecular flexibility index (Phi) is 3.29. The summed E-state index contributed by atoms with van der Waals surface area (Å²) in [6.07, 6.45) is 4.87. The number of aryl methyl sites for hydroxylation is 2. The third-order valence-electron chi connectivity index (χ3n) is 3.44. The van der Waals surface area contributed by atoms with Crippen molar-refractivity contribution in [3.05, 3.63) is 53.1 Å². The van der Waals surface area contributed by atoms with E-state index in [1.54, 1.807) is 0 Å². The Morgan fingerprint density at radius 2 is 1.72 bits per heavy atom. The first kappa shape index (κ1) is 12.9. The number of rotatable bonds is 2. The third-order valence-corrected chi connectivity index (χ3v) is 3.44. The van der Waals surface area contributed by atoms with E-state index in [4.69, 9.17) is 0 Å². The topological polar surface area (TPSA) is 17.8 Å². The zero-order valence-corrected chi connectivity index (χ0v) is 12.0. The predicted molar refractivity (Wildman–Crippen MR) is 75.9 cm³/mol. The van der Waals surface area contributed by atoms with Gasteiger partial charge >= 0.3 is 0 Å². The molecule has 18 heavy (non-hydrogen) atoms. The molecule has 0 aliphatic rings. The molecule has 2 rings (SSSR count). The van der Waals surface area contributed by atoms with Gasteiger partial charge in [0, 0.05) is 23.9 Å². The van der Waals surface area contributed by atoms with Crippen molar-refractivity contribution in [2.45, 2.75) is 46.6 Å². The monoisotopic (exact) mass is 242 g/mol. The summed E-state index contributed by atoms with van der Waals surface area (Å²) >= 11 is 0. The first-order chi connectivity index (χ1) is 8.39. The molecule has 0 aliphatic carbocycles. The van der Waals surface area contributed by atoms with Gasteiger partial charge in [-0.3, -0.25) is 0 Å². The Morgan fingerprint density at radius 3 is 2.28 bits per heavy atom. The molecular weight excluding hydrogens is 220 g/mol. The van der Waals surface area contributed by atoms with Crippen LogP contribution in [0.1, 0.15) is 43.2 Å². The Bertz CT molecular complexity index is 524. The SMILES string of the molecule is Cc1cccc(C)c1Cc1cncn1C(C)(C)C. The van der Waals surface area contributed by atoms with Gasteiger partial charge in [0.25, 0.3) is 0 Å². The summed E-state index contributed by atoms with van der Waals surface area (Å²) in [6, 6.07) is 6.48. The predicted octanol–water partition coefficient (Wildman–Crippen LogP) is 3.85. The standard InChI is InChI=1S/C16H22N2/c1-12-7-6-8-13(2)15(12)9-14-10-17-11-18(14)16(3,4)5/h6-8,10-11H,9H2,1-5H3. The summed E-state index contributed by atoms with van der Waals surface area (Å²) in [6.45, 7) is 11.0. The zero-order chi connectivity index (χ0) is 13.3. The normalized spacial score (nSPS) is 11.8. The van der Waals surface area contributed by atoms with Crippen LogP contribution in [0.3, 0.4) is 0 Å². The van der Waals surface area contributed by atoms with Crippen molar-refractivity contribution in [1.29, 1.82) is 0 Å². The molecule has 0 saturated heterocycles. The Balaban J connectivity index is 2.39. The van der Waals surface area contributed by atoms with E-state index in [1.165, 1.54) is 22.4 Å². The average molecular weight is 242 g/mol. The minimum absolute atomic E-state index is 0.0857. The van der Waals surface area contributed by atoms with Crippen molar-refractivity contribution in [1.82, 2.24) is 9.55 Å². The van der Waals surface area contributed by atoms with E-state index in [9.17, 15) is 0 Å². The van der Waals surface area contributed by atoms with E-state index in [2.05, 4.69) is 62.4 Å². The van der Waals surface area contributed by atoms with E-state index in [1.807, 2.05) is 12.5 Å².